The molecule has 2 aromatic carbocycles. The van der Waals surface area contributed by atoms with E-state index in [0.29, 0.717) is 22.9 Å². The van der Waals surface area contributed by atoms with Crippen molar-refractivity contribution >= 4 is 23.6 Å². The van der Waals surface area contributed by atoms with Gasteiger partial charge in [0.25, 0.3) is 5.91 Å². The van der Waals surface area contributed by atoms with Crippen LogP contribution in [0, 0.1) is 0 Å². The lowest BCUT2D eigenvalue weighted by atomic mass is 9.92. The molecule has 0 aromatic heterocycles. The number of β-lactam (4-membered cyclic amide) rings is 1. The molecule has 3 rings (SSSR count). The molecule has 7 heteroatoms. The molecule has 1 saturated heterocycles. The summed E-state index contributed by atoms with van der Waals surface area (Å²) in [5, 5.41) is 3.13. The van der Waals surface area contributed by atoms with Gasteiger partial charge in [-0.1, -0.05) is 42.5 Å². The summed E-state index contributed by atoms with van der Waals surface area (Å²) >= 11 is 0. The maximum Gasteiger partial charge on any atom is 0.332 e. The van der Waals surface area contributed by atoms with Gasteiger partial charge in [0.2, 0.25) is 0 Å². The van der Waals surface area contributed by atoms with E-state index in [0.717, 1.165) is 5.56 Å². The molecule has 0 bridgehead atoms. The van der Waals surface area contributed by atoms with Crippen LogP contribution >= 0.6 is 0 Å². The molecule has 0 spiro atoms. The first kappa shape index (κ1) is 22.0. The number of methoxy groups -OCH3 is 3. The number of benzene rings is 2. The van der Waals surface area contributed by atoms with Crippen molar-refractivity contribution < 1.29 is 23.8 Å². The van der Waals surface area contributed by atoms with Crippen LogP contribution < -0.4 is 19.7 Å². The highest BCUT2D eigenvalue weighted by Crippen LogP contribution is 2.36. The maximum atomic E-state index is 13.0. The van der Waals surface area contributed by atoms with Crippen molar-refractivity contribution in [1.29, 1.82) is 0 Å². The molecule has 7 nitrogen and oxygen atoms in total. The van der Waals surface area contributed by atoms with E-state index < -0.39 is 12.0 Å². The van der Waals surface area contributed by atoms with E-state index in [1.165, 1.54) is 13.2 Å². The highest BCUT2D eigenvalue weighted by molar-refractivity contribution is 6.07. The Morgan fingerprint density at radius 1 is 1.03 bits per heavy atom. The van der Waals surface area contributed by atoms with E-state index in [2.05, 4.69) is 10.1 Å². The predicted molar refractivity (Wildman–Crippen MR) is 119 cm³/mol. The standard InChI is InChI=1S/C24H26N2O5/c1-16(14-22(27)31-4)25-23-19(12-10-17-8-6-5-7-9-17)26(24(23)28)18-11-13-20(29-2)21(15-18)30-3/h5-15,19,23,25H,1-4H3. The Morgan fingerprint density at radius 3 is 2.39 bits per heavy atom. The van der Waals surface area contributed by atoms with Crippen LogP contribution in [0.25, 0.3) is 6.08 Å². The topological polar surface area (TPSA) is 77.1 Å². The first-order valence-electron chi connectivity index (χ1n) is 9.79. The molecular weight excluding hydrogens is 396 g/mol. The van der Waals surface area contributed by atoms with Gasteiger partial charge in [0.05, 0.1) is 27.4 Å². The van der Waals surface area contributed by atoms with Crippen LogP contribution in [0.1, 0.15) is 12.5 Å². The SMILES string of the molecule is COC(=O)C=C(C)NC1C(=O)N(c2ccc(OC)c(OC)c2)C1C=Cc1ccccc1. The number of amides is 1. The number of nitrogens with one attached hydrogen (secondary N) is 1. The van der Waals surface area contributed by atoms with E-state index >= 15 is 0 Å². The number of rotatable bonds is 8. The van der Waals surface area contributed by atoms with Gasteiger partial charge in [-0.25, -0.2) is 4.79 Å². The smallest absolute Gasteiger partial charge is 0.332 e. The Balaban J connectivity index is 1.91. The van der Waals surface area contributed by atoms with Gasteiger partial charge in [-0.2, -0.15) is 0 Å². The summed E-state index contributed by atoms with van der Waals surface area (Å²) in [6.07, 6.45) is 5.26. The zero-order valence-corrected chi connectivity index (χ0v) is 18.0. The fourth-order valence-electron chi connectivity index (χ4n) is 3.42. The lowest BCUT2D eigenvalue weighted by Crippen LogP contribution is -2.69. The Labute approximate surface area is 181 Å². The van der Waals surface area contributed by atoms with Crippen molar-refractivity contribution in [3.8, 4) is 11.5 Å². The number of nitrogens with zero attached hydrogens (tertiary/aromatic N) is 1. The minimum Gasteiger partial charge on any atom is -0.493 e. The van der Waals surface area contributed by atoms with E-state index in [4.69, 9.17) is 9.47 Å². The first-order chi connectivity index (χ1) is 15.0. The van der Waals surface area contributed by atoms with Gasteiger partial charge in [-0.3, -0.25) is 4.79 Å². The summed E-state index contributed by atoms with van der Waals surface area (Å²) in [7, 11) is 4.43. The molecule has 1 amide bonds. The largest absolute Gasteiger partial charge is 0.493 e. The Bertz CT molecular complexity index is 1000. The number of hydrogen-bond acceptors (Lipinski definition) is 6. The molecule has 1 fully saturated rings. The number of hydrogen-bond donors (Lipinski definition) is 1. The lowest BCUT2D eigenvalue weighted by Gasteiger charge is -2.46. The molecule has 2 atom stereocenters. The zero-order chi connectivity index (χ0) is 22.4. The number of carbonyl (C=O) groups is 2. The van der Waals surface area contributed by atoms with Crippen LogP contribution in [0.3, 0.4) is 0 Å². The summed E-state index contributed by atoms with van der Waals surface area (Å²) in [5.41, 5.74) is 2.27. The minimum atomic E-state index is -0.519. The molecular formula is C24H26N2O5. The normalized spacial score (nSPS) is 18.5. The minimum absolute atomic E-state index is 0.118. The zero-order valence-electron chi connectivity index (χ0n) is 18.0. The quantitative estimate of drug-likeness (QED) is 0.400. The number of anilines is 1. The van der Waals surface area contributed by atoms with Crippen molar-refractivity contribution in [2.45, 2.75) is 19.0 Å². The first-order valence-corrected chi connectivity index (χ1v) is 9.79. The van der Waals surface area contributed by atoms with Crippen LogP contribution in [-0.4, -0.2) is 45.3 Å². The second-order valence-electron chi connectivity index (χ2n) is 6.98. The van der Waals surface area contributed by atoms with E-state index in [-0.39, 0.29) is 11.9 Å². The molecule has 31 heavy (non-hydrogen) atoms. The van der Waals surface area contributed by atoms with Crippen LogP contribution in [0.4, 0.5) is 5.69 Å². The molecule has 0 saturated carbocycles. The Kier molecular flexibility index (Phi) is 6.97. The van der Waals surface area contributed by atoms with Crippen molar-refractivity contribution in [3.05, 3.63) is 71.9 Å². The van der Waals surface area contributed by atoms with E-state index in [1.54, 1.807) is 38.2 Å². The molecule has 1 aliphatic heterocycles. The van der Waals surface area contributed by atoms with Gasteiger partial charge < -0.3 is 24.4 Å². The molecule has 1 heterocycles. The third-order valence-corrected chi connectivity index (χ3v) is 4.99. The molecule has 1 N–H and O–H groups in total. The highest BCUT2D eigenvalue weighted by atomic mass is 16.5. The lowest BCUT2D eigenvalue weighted by molar-refractivity contribution is -0.135. The number of allylic oxidation sites excluding steroid dienone is 1. The third-order valence-electron chi connectivity index (χ3n) is 4.99. The maximum absolute atomic E-state index is 13.0. The number of ether oxygens (including phenoxy) is 3. The second-order valence-corrected chi connectivity index (χ2v) is 6.98. The van der Waals surface area contributed by atoms with Crippen molar-refractivity contribution in [3.63, 3.8) is 0 Å². The van der Waals surface area contributed by atoms with Crippen molar-refractivity contribution in [2.24, 2.45) is 0 Å². The molecule has 2 aromatic rings. The fraction of sp³-hybridized carbons (Fsp3) is 0.250. The average Bonchev–Trinajstić information content (AvgIpc) is 2.80. The molecule has 0 radical (unpaired) electrons. The summed E-state index contributed by atoms with van der Waals surface area (Å²) in [6.45, 7) is 1.72. The fourth-order valence-corrected chi connectivity index (χ4v) is 3.42. The Morgan fingerprint density at radius 2 is 1.74 bits per heavy atom. The second kappa shape index (κ2) is 9.84. The van der Waals surface area contributed by atoms with Crippen LogP contribution in [0.5, 0.6) is 11.5 Å². The van der Waals surface area contributed by atoms with E-state index in [1.807, 2.05) is 48.6 Å². The van der Waals surface area contributed by atoms with Crippen molar-refractivity contribution in [2.75, 3.05) is 26.2 Å². The summed E-state index contributed by atoms with van der Waals surface area (Å²) in [5.74, 6) is 0.524. The molecule has 0 aliphatic carbocycles. The third kappa shape index (κ3) is 4.88. The van der Waals surface area contributed by atoms with Crippen molar-refractivity contribution in [1.82, 2.24) is 5.32 Å². The number of carbonyl (C=O) groups excluding carboxylic acids is 2. The molecule has 2 unspecified atom stereocenters. The number of esters is 1. The molecule has 1 aliphatic rings. The van der Waals surface area contributed by atoms with Crippen LogP contribution in [-0.2, 0) is 14.3 Å². The Hall–Kier alpha value is -3.74. The summed E-state index contributed by atoms with van der Waals surface area (Å²) in [4.78, 5) is 26.3. The van der Waals surface area contributed by atoms with Gasteiger partial charge in [-0.15, -0.1) is 0 Å². The van der Waals surface area contributed by atoms with Gasteiger partial charge >= 0.3 is 5.97 Å². The van der Waals surface area contributed by atoms with Gasteiger partial charge in [0.15, 0.2) is 11.5 Å². The average molecular weight is 422 g/mol. The highest BCUT2D eigenvalue weighted by Gasteiger charge is 2.47. The summed E-state index contributed by atoms with van der Waals surface area (Å²) < 4.78 is 15.3. The van der Waals surface area contributed by atoms with Gasteiger partial charge in [0, 0.05) is 23.5 Å². The van der Waals surface area contributed by atoms with Gasteiger partial charge in [-0.05, 0) is 24.6 Å². The van der Waals surface area contributed by atoms with Gasteiger partial charge in [0.1, 0.15) is 6.04 Å². The molecule has 162 valence electrons. The summed E-state index contributed by atoms with van der Waals surface area (Å²) in [6, 6.07) is 14.4. The van der Waals surface area contributed by atoms with E-state index in [9.17, 15) is 9.59 Å². The van der Waals surface area contributed by atoms with Crippen LogP contribution in [0.15, 0.2) is 66.4 Å². The monoisotopic (exact) mass is 422 g/mol. The van der Waals surface area contributed by atoms with Crippen LogP contribution in [0.2, 0.25) is 0 Å². The predicted octanol–water partition coefficient (Wildman–Crippen LogP) is 3.17.